The highest BCUT2D eigenvalue weighted by atomic mass is 32.2. The van der Waals surface area contributed by atoms with Crippen molar-refractivity contribution in [2.45, 2.75) is 144 Å². The molecule has 0 radical (unpaired) electrons. The van der Waals surface area contributed by atoms with Gasteiger partial charge in [0.1, 0.15) is 6.29 Å². The number of alkyl halides is 2. The van der Waals surface area contributed by atoms with E-state index >= 15 is 0 Å². The van der Waals surface area contributed by atoms with Gasteiger partial charge in [0.05, 0.1) is 19.0 Å². The molecule has 5 nitrogen and oxygen atoms in total. The first-order valence-electron chi connectivity index (χ1n) is 15.6. The Balaban J connectivity index is 0. The minimum atomic E-state index is -3.19. The molecule has 0 aromatic heterocycles. The Kier molecular flexibility index (Phi) is 26.2. The molecule has 2 rings (SSSR count). The zero-order chi connectivity index (χ0) is 31.0. The molecule has 238 valence electrons. The molecule has 1 saturated carbocycles. The lowest BCUT2D eigenvalue weighted by Gasteiger charge is -2.32. The van der Waals surface area contributed by atoms with Crippen molar-refractivity contribution in [3.05, 3.63) is 23.8 Å². The minimum Gasteiger partial charge on any atom is -0.378 e. The van der Waals surface area contributed by atoms with E-state index in [4.69, 9.17) is 9.53 Å². The lowest BCUT2D eigenvalue weighted by atomic mass is 9.81. The van der Waals surface area contributed by atoms with Crippen LogP contribution in [0.4, 0.5) is 8.78 Å². The quantitative estimate of drug-likeness (QED) is 0.161. The number of allylic oxidation sites excluding steroid dienone is 4. The molecule has 1 fully saturated rings. The topological polar surface area (TPSA) is 72.5 Å². The third-order valence-corrected chi connectivity index (χ3v) is 7.94. The van der Waals surface area contributed by atoms with Gasteiger partial charge in [-0.15, -0.1) is 0 Å². The normalized spacial score (nSPS) is 20.8. The summed E-state index contributed by atoms with van der Waals surface area (Å²) < 4.78 is 55.4. The first-order valence-corrected chi connectivity index (χ1v) is 17.5. The number of sulfonamides is 1. The summed E-state index contributed by atoms with van der Waals surface area (Å²) in [4.78, 5) is 8.81. The van der Waals surface area contributed by atoms with Crippen LogP contribution in [0.25, 0.3) is 0 Å². The lowest BCUT2D eigenvalue weighted by Crippen LogP contribution is -2.41. The third kappa shape index (κ3) is 22.6. The molecule has 0 saturated heterocycles. The van der Waals surface area contributed by atoms with Gasteiger partial charge in [-0.05, 0) is 75.2 Å². The van der Waals surface area contributed by atoms with Crippen molar-refractivity contribution in [2.24, 2.45) is 17.8 Å². The van der Waals surface area contributed by atoms with Crippen molar-refractivity contribution in [1.82, 2.24) is 4.72 Å². The van der Waals surface area contributed by atoms with Crippen molar-refractivity contribution >= 4 is 16.3 Å². The number of rotatable bonds is 14. The molecule has 0 aromatic carbocycles. The average molecular weight is 594 g/mol. The largest absolute Gasteiger partial charge is 0.378 e. The first-order chi connectivity index (χ1) is 19.0. The highest BCUT2D eigenvalue weighted by Crippen LogP contribution is 2.33. The van der Waals surface area contributed by atoms with Crippen molar-refractivity contribution in [3.8, 4) is 0 Å². The van der Waals surface area contributed by atoms with Gasteiger partial charge in [-0.1, -0.05) is 85.5 Å². The standard InChI is InChI=1S/C22H39NO3S.C6H12F2.C2H4O.C2H6/c1-4-5-7-12-22(23-27(3,24)25)18(2)17-26-21-15-13-20(14-16-21)19-10-8-6-9-11-19;1-3-5(2)4-6(7)8;1-2-3;1-2/h8,10-11,18,20-23H,4-7,9,12-17H2,1-3H3;5-6H,3-4H2,1-2H3;2H,1H3;1-2H3. The molecule has 0 spiro atoms. The summed E-state index contributed by atoms with van der Waals surface area (Å²) in [6.45, 7) is 14.1. The Bertz CT molecular complexity index is 763. The first kappa shape index (κ1) is 41.0. The smallest absolute Gasteiger partial charge is 0.238 e. The second-order valence-electron chi connectivity index (χ2n) is 10.8. The molecule has 0 aliphatic heterocycles. The van der Waals surface area contributed by atoms with Crippen LogP contribution < -0.4 is 4.72 Å². The summed E-state index contributed by atoms with van der Waals surface area (Å²) in [5.41, 5.74) is 1.53. The summed E-state index contributed by atoms with van der Waals surface area (Å²) in [6.07, 6.45) is 19.4. The van der Waals surface area contributed by atoms with Crippen molar-refractivity contribution in [3.63, 3.8) is 0 Å². The summed E-state index contributed by atoms with van der Waals surface area (Å²) in [5.74, 6) is 1.07. The number of carbonyl (C=O) groups is 1. The van der Waals surface area contributed by atoms with E-state index in [0.717, 1.165) is 51.2 Å². The Morgan fingerprint density at radius 2 is 1.68 bits per heavy atom. The van der Waals surface area contributed by atoms with Gasteiger partial charge in [-0.25, -0.2) is 21.9 Å². The lowest BCUT2D eigenvalue weighted by molar-refractivity contribution is -0.106. The SMILES string of the molecule is CC.CC=O.CCC(C)CC(F)F.CCCCCC(NS(C)(=O)=O)C(C)COC1CCC(C2=CCCC=C2)CC1. The highest BCUT2D eigenvalue weighted by Gasteiger charge is 2.26. The van der Waals surface area contributed by atoms with Gasteiger partial charge in [-0.2, -0.15) is 0 Å². The Hall–Kier alpha value is -1.12. The fraction of sp³-hybridized carbons (Fsp3) is 0.844. The zero-order valence-electron chi connectivity index (χ0n) is 26.8. The van der Waals surface area contributed by atoms with E-state index in [0.29, 0.717) is 18.6 Å². The third-order valence-electron chi connectivity index (χ3n) is 7.21. The predicted molar refractivity (Wildman–Crippen MR) is 166 cm³/mol. The van der Waals surface area contributed by atoms with Crippen LogP contribution in [0, 0.1) is 17.8 Å². The Morgan fingerprint density at radius 3 is 2.10 bits per heavy atom. The van der Waals surface area contributed by atoms with Crippen molar-refractivity contribution < 1.29 is 26.7 Å². The van der Waals surface area contributed by atoms with E-state index in [1.807, 2.05) is 27.7 Å². The fourth-order valence-electron chi connectivity index (χ4n) is 4.72. The number of unbranched alkanes of at least 4 members (excludes halogenated alkanes) is 2. The van der Waals surface area contributed by atoms with Crippen LogP contribution in [-0.2, 0) is 19.6 Å². The van der Waals surface area contributed by atoms with E-state index < -0.39 is 16.4 Å². The Labute approximate surface area is 246 Å². The predicted octanol–water partition coefficient (Wildman–Crippen LogP) is 8.89. The molecule has 0 bridgehead atoms. The number of hydrogen-bond acceptors (Lipinski definition) is 4. The Morgan fingerprint density at radius 1 is 1.07 bits per heavy atom. The number of aldehydes is 1. The molecule has 1 N–H and O–H groups in total. The average Bonchev–Trinajstić information content (AvgIpc) is 2.93. The van der Waals surface area contributed by atoms with Crippen LogP contribution in [0.3, 0.4) is 0 Å². The molecule has 3 atom stereocenters. The van der Waals surface area contributed by atoms with E-state index in [9.17, 15) is 17.2 Å². The molecule has 2 aliphatic rings. The second-order valence-corrected chi connectivity index (χ2v) is 12.6. The van der Waals surface area contributed by atoms with Gasteiger partial charge < -0.3 is 9.53 Å². The maximum atomic E-state index is 11.7. The summed E-state index contributed by atoms with van der Waals surface area (Å²) >= 11 is 0. The molecule has 0 heterocycles. The van der Waals surface area contributed by atoms with E-state index in [2.05, 4.69) is 36.8 Å². The number of hydrogen-bond donors (Lipinski definition) is 1. The molecule has 2 aliphatic carbocycles. The molecule has 0 amide bonds. The van der Waals surface area contributed by atoms with Crippen molar-refractivity contribution in [1.29, 1.82) is 0 Å². The highest BCUT2D eigenvalue weighted by molar-refractivity contribution is 7.88. The minimum absolute atomic E-state index is 0.0274. The van der Waals surface area contributed by atoms with Gasteiger partial charge >= 0.3 is 0 Å². The summed E-state index contributed by atoms with van der Waals surface area (Å²) in [5, 5.41) is 0. The number of halogens is 2. The molecule has 8 heteroatoms. The van der Waals surface area contributed by atoms with Crippen LogP contribution in [0.5, 0.6) is 0 Å². The zero-order valence-corrected chi connectivity index (χ0v) is 27.6. The number of carbonyl (C=O) groups excluding carboxylic acids is 1. The van der Waals surface area contributed by atoms with Crippen molar-refractivity contribution in [2.75, 3.05) is 12.9 Å². The van der Waals surface area contributed by atoms with Crippen LogP contribution in [0.1, 0.15) is 126 Å². The molecule has 3 unspecified atom stereocenters. The van der Waals surface area contributed by atoms with Gasteiger partial charge in [0, 0.05) is 12.5 Å². The molecular weight excluding hydrogens is 532 g/mol. The van der Waals surface area contributed by atoms with Gasteiger partial charge in [0.15, 0.2) is 0 Å². The second kappa shape index (κ2) is 25.6. The fourth-order valence-corrected chi connectivity index (χ4v) is 5.62. The molecular formula is C32H61F2NO4S. The van der Waals surface area contributed by atoms with E-state index in [1.165, 1.54) is 44.4 Å². The van der Waals surface area contributed by atoms with E-state index in [-0.39, 0.29) is 24.3 Å². The van der Waals surface area contributed by atoms with Crippen LogP contribution in [0.2, 0.25) is 0 Å². The van der Waals surface area contributed by atoms with Gasteiger partial charge in [0.25, 0.3) is 0 Å². The van der Waals surface area contributed by atoms with Crippen LogP contribution >= 0.6 is 0 Å². The maximum Gasteiger partial charge on any atom is 0.238 e. The molecule has 0 aromatic rings. The van der Waals surface area contributed by atoms with Crippen LogP contribution in [-0.4, -0.2) is 46.1 Å². The monoisotopic (exact) mass is 593 g/mol. The summed E-state index contributed by atoms with van der Waals surface area (Å²) in [6, 6.07) is -0.0274. The van der Waals surface area contributed by atoms with E-state index in [1.54, 1.807) is 0 Å². The number of ether oxygens (including phenoxy) is 1. The van der Waals surface area contributed by atoms with Gasteiger partial charge in [0.2, 0.25) is 16.4 Å². The van der Waals surface area contributed by atoms with Crippen LogP contribution in [0.15, 0.2) is 23.8 Å². The maximum absolute atomic E-state index is 11.7. The molecule has 40 heavy (non-hydrogen) atoms. The van der Waals surface area contributed by atoms with Gasteiger partial charge in [-0.3, -0.25) is 0 Å². The number of nitrogens with one attached hydrogen (secondary N) is 1. The summed E-state index contributed by atoms with van der Waals surface area (Å²) in [7, 11) is -3.19.